The van der Waals surface area contributed by atoms with Crippen LogP contribution in [0, 0.1) is 13.8 Å². The van der Waals surface area contributed by atoms with Crippen molar-refractivity contribution in [2.75, 3.05) is 6.61 Å². The van der Waals surface area contributed by atoms with Crippen molar-refractivity contribution >= 4 is 32.5 Å². The first-order chi connectivity index (χ1) is 16.6. The predicted molar refractivity (Wildman–Crippen MR) is 139 cm³/mol. The average Bonchev–Trinajstić information content (AvgIpc) is 3.37. The van der Waals surface area contributed by atoms with Crippen LogP contribution in [0.3, 0.4) is 0 Å². The van der Waals surface area contributed by atoms with Gasteiger partial charge >= 0.3 is 0 Å². The summed E-state index contributed by atoms with van der Waals surface area (Å²) in [6.45, 7) is 5.43. The molecule has 1 N–H and O–H groups in total. The first-order valence-electron chi connectivity index (χ1n) is 11.9. The van der Waals surface area contributed by atoms with Gasteiger partial charge in [0.2, 0.25) is 0 Å². The van der Waals surface area contributed by atoms with Crippen LogP contribution in [-0.2, 0) is 19.4 Å². The third-order valence-electron chi connectivity index (χ3n) is 6.66. The van der Waals surface area contributed by atoms with Gasteiger partial charge in [-0.2, -0.15) is 0 Å². The number of H-pyrrole nitrogens is 1. The number of nitrogens with one attached hydrogen (secondary N) is 1. The van der Waals surface area contributed by atoms with Gasteiger partial charge in [0.05, 0.1) is 11.9 Å². The number of aromatic amines is 1. The Hall–Kier alpha value is -3.38. The highest BCUT2D eigenvalue weighted by Gasteiger charge is 2.21. The van der Waals surface area contributed by atoms with Gasteiger partial charge in [-0.15, -0.1) is 11.3 Å². The van der Waals surface area contributed by atoms with Crippen molar-refractivity contribution in [2.45, 2.75) is 46.1 Å². The molecule has 34 heavy (non-hydrogen) atoms. The maximum Gasteiger partial charge on any atom is 0.260 e. The lowest BCUT2D eigenvalue weighted by molar-refractivity contribution is 0.300. The molecule has 0 unspecified atom stereocenters. The lowest BCUT2D eigenvalue weighted by Gasteiger charge is -2.10. The van der Waals surface area contributed by atoms with E-state index in [1.165, 1.54) is 28.0 Å². The first-order valence-corrected chi connectivity index (χ1v) is 12.7. The number of fused-ring (bicyclic) bond motifs is 4. The molecule has 0 bridgehead atoms. The first kappa shape index (κ1) is 21.2. The molecule has 172 valence electrons. The fraction of sp³-hybridized carbons (Fsp3) is 0.286. The van der Waals surface area contributed by atoms with Crippen LogP contribution >= 0.6 is 11.3 Å². The summed E-state index contributed by atoms with van der Waals surface area (Å²) < 4.78 is 8.26. The second kappa shape index (κ2) is 8.44. The molecule has 0 saturated heterocycles. The van der Waals surface area contributed by atoms with Crippen LogP contribution in [0.1, 0.15) is 34.4 Å². The summed E-state index contributed by atoms with van der Waals surface area (Å²) in [4.78, 5) is 23.4. The maximum absolute atomic E-state index is 13.1. The van der Waals surface area contributed by atoms with Gasteiger partial charge in [0.15, 0.2) is 0 Å². The van der Waals surface area contributed by atoms with E-state index in [1.807, 2.05) is 12.1 Å². The minimum atomic E-state index is -0.0191. The molecule has 2 aromatic carbocycles. The van der Waals surface area contributed by atoms with Gasteiger partial charge in [0.1, 0.15) is 23.0 Å². The molecule has 5 aromatic rings. The van der Waals surface area contributed by atoms with E-state index in [1.54, 1.807) is 11.3 Å². The number of para-hydroxylation sites is 1. The Labute approximate surface area is 202 Å². The van der Waals surface area contributed by atoms with E-state index < -0.39 is 0 Å². The van der Waals surface area contributed by atoms with Crippen LogP contribution in [0.4, 0.5) is 0 Å². The molecule has 0 saturated carbocycles. The molecule has 5 nitrogen and oxygen atoms in total. The van der Waals surface area contributed by atoms with Gasteiger partial charge in [0, 0.05) is 27.5 Å². The third kappa shape index (κ3) is 3.72. The van der Waals surface area contributed by atoms with Gasteiger partial charge in [0.25, 0.3) is 5.56 Å². The van der Waals surface area contributed by atoms with E-state index in [9.17, 15) is 4.79 Å². The van der Waals surface area contributed by atoms with Crippen molar-refractivity contribution in [2.24, 2.45) is 0 Å². The molecule has 1 aliphatic carbocycles. The smallest absolute Gasteiger partial charge is 0.260 e. The van der Waals surface area contributed by atoms with E-state index >= 15 is 0 Å². The van der Waals surface area contributed by atoms with Crippen LogP contribution in [0.2, 0.25) is 0 Å². The van der Waals surface area contributed by atoms with Crippen LogP contribution in [0.5, 0.6) is 5.75 Å². The van der Waals surface area contributed by atoms with Crippen molar-refractivity contribution in [3.05, 3.63) is 80.6 Å². The second-order valence-electron chi connectivity index (χ2n) is 9.23. The topological polar surface area (TPSA) is 59.9 Å². The highest BCUT2D eigenvalue weighted by Crippen LogP contribution is 2.35. The fourth-order valence-electron chi connectivity index (χ4n) is 5.19. The summed E-state index contributed by atoms with van der Waals surface area (Å²) in [6.07, 6.45) is 6.48. The van der Waals surface area contributed by atoms with Gasteiger partial charge < -0.3 is 14.3 Å². The zero-order valence-corrected chi connectivity index (χ0v) is 20.3. The quantitative estimate of drug-likeness (QED) is 0.334. The molecule has 0 fully saturated rings. The van der Waals surface area contributed by atoms with Crippen LogP contribution in [-0.4, -0.2) is 21.1 Å². The summed E-state index contributed by atoms with van der Waals surface area (Å²) in [5.41, 5.74) is 5.66. The summed E-state index contributed by atoms with van der Waals surface area (Å²) in [7, 11) is 0. The predicted octanol–water partition coefficient (Wildman–Crippen LogP) is 6.18. The molecule has 6 rings (SSSR count). The average molecular weight is 470 g/mol. The Morgan fingerprint density at radius 2 is 1.88 bits per heavy atom. The van der Waals surface area contributed by atoms with Crippen molar-refractivity contribution in [3.8, 4) is 17.1 Å². The summed E-state index contributed by atoms with van der Waals surface area (Å²) >= 11 is 1.69. The molecule has 0 atom stereocenters. The van der Waals surface area contributed by atoms with Gasteiger partial charge in [-0.3, -0.25) is 4.79 Å². The third-order valence-corrected chi connectivity index (χ3v) is 7.85. The molecule has 1 aliphatic rings. The number of rotatable bonds is 5. The van der Waals surface area contributed by atoms with Crippen molar-refractivity contribution in [3.63, 3.8) is 0 Å². The number of thiophene rings is 1. The molecular weight excluding hydrogens is 442 g/mol. The number of aromatic nitrogens is 3. The van der Waals surface area contributed by atoms with Crippen molar-refractivity contribution in [1.82, 2.24) is 14.5 Å². The molecule has 6 heteroatoms. The number of hydrogen-bond acceptors (Lipinski definition) is 4. The number of hydrogen-bond donors (Lipinski definition) is 1. The van der Waals surface area contributed by atoms with E-state index in [0.29, 0.717) is 19.0 Å². The van der Waals surface area contributed by atoms with E-state index in [4.69, 9.17) is 9.72 Å². The van der Waals surface area contributed by atoms with Crippen LogP contribution < -0.4 is 10.3 Å². The Kier molecular flexibility index (Phi) is 5.26. The Morgan fingerprint density at radius 3 is 2.74 bits per heavy atom. The molecule has 0 amide bonds. The highest BCUT2D eigenvalue weighted by atomic mass is 32.1. The van der Waals surface area contributed by atoms with Gasteiger partial charge in [-0.1, -0.05) is 24.3 Å². The normalized spacial score (nSPS) is 13.5. The fourth-order valence-corrected chi connectivity index (χ4v) is 6.45. The van der Waals surface area contributed by atoms with E-state index in [-0.39, 0.29) is 5.56 Å². The van der Waals surface area contributed by atoms with Crippen LogP contribution in [0.25, 0.3) is 32.5 Å². The molecule has 3 aromatic heterocycles. The Bertz CT molecular complexity index is 1570. The van der Waals surface area contributed by atoms with E-state index in [0.717, 1.165) is 51.7 Å². The van der Waals surface area contributed by atoms with Gasteiger partial charge in [-0.05, 0) is 74.4 Å². The number of aryl methyl sites for hydroxylation is 4. The standard InChI is InChI=1S/C28H27N3O2S/c1-17-13-18(2)15-19(14-17)33-12-11-31-16-22(20-7-3-5-9-23(20)31)26-29-27(32)25-21-8-4-6-10-24(21)34-28(25)30-26/h3,5,7,9,13-16H,4,6,8,10-12H2,1-2H3,(H,29,30,32). The van der Waals surface area contributed by atoms with E-state index in [2.05, 4.69) is 59.9 Å². The van der Waals surface area contributed by atoms with Crippen molar-refractivity contribution in [1.29, 1.82) is 0 Å². The second-order valence-corrected chi connectivity index (χ2v) is 10.3. The molecule has 0 radical (unpaired) electrons. The summed E-state index contributed by atoms with van der Waals surface area (Å²) in [5, 5.41) is 1.88. The largest absolute Gasteiger partial charge is 0.492 e. The van der Waals surface area contributed by atoms with Crippen LogP contribution in [0.15, 0.2) is 53.5 Å². The lowest BCUT2D eigenvalue weighted by atomic mass is 9.97. The SMILES string of the molecule is Cc1cc(C)cc(OCCn2cc(-c3nc4sc5c(c4c(=O)[nH]3)CCCC5)c3ccccc32)c1. The minimum Gasteiger partial charge on any atom is -0.492 e. The molecule has 3 heterocycles. The summed E-state index contributed by atoms with van der Waals surface area (Å²) in [5.74, 6) is 1.54. The number of ether oxygens (including phenoxy) is 1. The van der Waals surface area contributed by atoms with Gasteiger partial charge in [-0.25, -0.2) is 4.98 Å². The highest BCUT2D eigenvalue weighted by molar-refractivity contribution is 7.18. The lowest BCUT2D eigenvalue weighted by Crippen LogP contribution is -2.11. The minimum absolute atomic E-state index is 0.0191. The molecule has 0 spiro atoms. The monoisotopic (exact) mass is 469 g/mol. The maximum atomic E-state index is 13.1. The zero-order valence-electron chi connectivity index (χ0n) is 19.5. The summed E-state index contributed by atoms with van der Waals surface area (Å²) in [6, 6.07) is 14.6. The zero-order chi connectivity index (χ0) is 23.2. The van der Waals surface area contributed by atoms with Crippen molar-refractivity contribution < 1.29 is 4.74 Å². The Balaban J connectivity index is 1.35. The number of nitrogens with zero attached hydrogens (tertiary/aromatic N) is 2. The Morgan fingerprint density at radius 1 is 1.09 bits per heavy atom. The molecular formula is C28H27N3O2S. The number of benzene rings is 2. The molecule has 0 aliphatic heterocycles.